The van der Waals surface area contributed by atoms with Crippen molar-refractivity contribution >= 4 is 0 Å². The maximum Gasteiger partial charge on any atom is 2.00 e. The van der Waals surface area contributed by atoms with Gasteiger partial charge in [0, 0.05) is 0 Å². The molecule has 0 bridgehead atoms. The molecule has 3 aromatic carbocycles. The van der Waals surface area contributed by atoms with Crippen molar-refractivity contribution in [2.24, 2.45) is 0 Å². The first kappa shape index (κ1) is 19.0. The molecular formula is C20H18FeO2. The van der Waals surface area contributed by atoms with Gasteiger partial charge in [0.05, 0.1) is 6.10 Å². The molecule has 2 nitrogen and oxygen atoms in total. The van der Waals surface area contributed by atoms with Crippen LogP contribution in [0.2, 0.25) is 0 Å². The van der Waals surface area contributed by atoms with E-state index in [0.29, 0.717) is 0 Å². The molecule has 3 heteroatoms. The summed E-state index contributed by atoms with van der Waals surface area (Å²) in [6, 6.07) is 26.4. The standard InChI is InChI=1S/C15H13O2.C5H5.Fe/c16-14(12-6-2-1-3-7-12)10-11-15(17)13-8-4-5-9-13;1-2-4-5-3-1;/h1-9,14-17H;1-5H;/q2*-1;+2. The summed E-state index contributed by atoms with van der Waals surface area (Å²) < 4.78 is 0. The monoisotopic (exact) mass is 346 g/mol. The van der Waals surface area contributed by atoms with Crippen molar-refractivity contribution in [2.75, 3.05) is 0 Å². The van der Waals surface area contributed by atoms with Crippen LogP contribution in [0.25, 0.3) is 0 Å². The zero-order valence-electron chi connectivity index (χ0n) is 12.5. The van der Waals surface area contributed by atoms with Crippen LogP contribution in [0.4, 0.5) is 0 Å². The van der Waals surface area contributed by atoms with Crippen LogP contribution in [0.1, 0.15) is 23.3 Å². The summed E-state index contributed by atoms with van der Waals surface area (Å²) >= 11 is 0. The number of benzene rings is 1. The topological polar surface area (TPSA) is 40.5 Å². The second-order valence-electron chi connectivity index (χ2n) is 4.68. The fourth-order valence-corrected chi connectivity index (χ4v) is 1.85. The first-order chi connectivity index (χ1) is 10.8. The minimum Gasteiger partial charge on any atom is -0.388 e. The van der Waals surface area contributed by atoms with Crippen molar-refractivity contribution in [3.63, 3.8) is 0 Å². The molecule has 3 rings (SSSR count). The summed E-state index contributed by atoms with van der Waals surface area (Å²) in [6.45, 7) is 0. The van der Waals surface area contributed by atoms with Crippen molar-refractivity contribution in [2.45, 2.75) is 12.2 Å². The predicted molar refractivity (Wildman–Crippen MR) is 88.2 cm³/mol. The van der Waals surface area contributed by atoms with E-state index in [4.69, 9.17) is 0 Å². The van der Waals surface area contributed by atoms with E-state index >= 15 is 0 Å². The van der Waals surface area contributed by atoms with Gasteiger partial charge in [0.25, 0.3) is 0 Å². The van der Waals surface area contributed by atoms with E-state index in [1.165, 1.54) is 0 Å². The zero-order valence-corrected chi connectivity index (χ0v) is 13.6. The van der Waals surface area contributed by atoms with Gasteiger partial charge in [-0.15, -0.1) is 5.56 Å². The molecule has 0 aliphatic carbocycles. The Kier molecular flexibility index (Phi) is 8.75. The van der Waals surface area contributed by atoms with Gasteiger partial charge in [-0.25, -0.2) is 24.3 Å². The van der Waals surface area contributed by atoms with E-state index in [0.717, 1.165) is 11.1 Å². The smallest absolute Gasteiger partial charge is 0.388 e. The molecule has 0 fully saturated rings. The Labute approximate surface area is 147 Å². The summed E-state index contributed by atoms with van der Waals surface area (Å²) in [7, 11) is 0. The van der Waals surface area contributed by atoms with E-state index in [-0.39, 0.29) is 17.1 Å². The molecule has 0 aromatic heterocycles. The molecule has 0 saturated carbocycles. The zero-order chi connectivity index (χ0) is 15.6. The molecule has 3 aromatic rings. The average Bonchev–Trinajstić information content (AvgIpc) is 3.28. The second-order valence-corrected chi connectivity index (χ2v) is 4.68. The molecule has 118 valence electrons. The molecule has 2 unspecified atom stereocenters. The SMILES string of the molecule is OC(C#CC(O)[c-]1cccc1)c1ccccc1.[Fe+2].c1cc[cH-]c1. The molecule has 0 saturated heterocycles. The van der Waals surface area contributed by atoms with E-state index in [1.807, 2.05) is 60.7 Å². The van der Waals surface area contributed by atoms with Gasteiger partial charge < -0.3 is 10.2 Å². The van der Waals surface area contributed by atoms with Crippen molar-refractivity contribution in [1.29, 1.82) is 0 Å². The quantitative estimate of drug-likeness (QED) is 0.423. The maximum atomic E-state index is 9.78. The first-order valence-corrected chi connectivity index (χ1v) is 7.08. The van der Waals surface area contributed by atoms with Crippen molar-refractivity contribution in [3.8, 4) is 11.8 Å². The van der Waals surface area contributed by atoms with Gasteiger partial charge in [-0.3, -0.25) is 0 Å². The Morgan fingerprint density at radius 3 is 1.96 bits per heavy atom. The normalized spacial score (nSPS) is 11.7. The fraction of sp³-hybridized carbons (Fsp3) is 0.100. The van der Waals surface area contributed by atoms with Crippen molar-refractivity contribution in [3.05, 3.63) is 96.1 Å². The molecule has 23 heavy (non-hydrogen) atoms. The summed E-state index contributed by atoms with van der Waals surface area (Å²) in [5, 5.41) is 19.5. The Morgan fingerprint density at radius 1 is 0.826 bits per heavy atom. The molecule has 0 aliphatic rings. The van der Waals surface area contributed by atoms with Gasteiger partial charge in [-0.1, -0.05) is 42.2 Å². The molecule has 2 N–H and O–H groups in total. The molecule has 0 aliphatic heterocycles. The van der Waals surface area contributed by atoms with E-state index in [2.05, 4.69) is 11.8 Å². The van der Waals surface area contributed by atoms with Gasteiger partial charge in [0.2, 0.25) is 0 Å². The summed E-state index contributed by atoms with van der Waals surface area (Å²) in [5.41, 5.74) is 1.48. The van der Waals surface area contributed by atoms with Gasteiger partial charge in [-0.05, 0) is 5.56 Å². The molecule has 0 amide bonds. The van der Waals surface area contributed by atoms with Gasteiger partial charge in [0.1, 0.15) is 6.10 Å². The van der Waals surface area contributed by atoms with Crippen LogP contribution in [-0.4, -0.2) is 10.2 Å². The summed E-state index contributed by atoms with van der Waals surface area (Å²) in [6.07, 6.45) is -1.70. The Bertz CT molecular complexity index is 659. The van der Waals surface area contributed by atoms with Crippen molar-refractivity contribution in [1.82, 2.24) is 0 Å². The van der Waals surface area contributed by atoms with Crippen LogP contribution in [-0.2, 0) is 17.1 Å². The van der Waals surface area contributed by atoms with Gasteiger partial charge in [0.15, 0.2) is 0 Å². The van der Waals surface area contributed by atoms with Crippen LogP contribution in [0.3, 0.4) is 0 Å². The third kappa shape index (κ3) is 6.69. The Hall–Kier alpha value is -2.08. The molecule has 0 spiro atoms. The summed E-state index contributed by atoms with van der Waals surface area (Å²) in [5.74, 6) is 5.28. The number of hydrogen-bond acceptors (Lipinski definition) is 2. The van der Waals surface area contributed by atoms with E-state index in [1.54, 1.807) is 24.3 Å². The third-order valence-electron chi connectivity index (χ3n) is 3.03. The number of hydrogen-bond donors (Lipinski definition) is 2. The fourth-order valence-electron chi connectivity index (χ4n) is 1.85. The number of aliphatic hydroxyl groups excluding tert-OH is 2. The van der Waals surface area contributed by atoms with Gasteiger partial charge >= 0.3 is 17.1 Å². The third-order valence-corrected chi connectivity index (χ3v) is 3.03. The number of rotatable bonds is 2. The van der Waals surface area contributed by atoms with Crippen LogP contribution < -0.4 is 0 Å². The van der Waals surface area contributed by atoms with Gasteiger partial charge in [-0.2, -0.15) is 30.3 Å². The van der Waals surface area contributed by atoms with E-state index < -0.39 is 12.2 Å². The number of aliphatic hydroxyl groups is 2. The molecule has 2 atom stereocenters. The summed E-state index contributed by atoms with van der Waals surface area (Å²) in [4.78, 5) is 0. The second kappa shape index (κ2) is 10.6. The van der Waals surface area contributed by atoms with Crippen LogP contribution in [0.5, 0.6) is 0 Å². The minimum absolute atomic E-state index is 0. The van der Waals surface area contributed by atoms with Crippen LogP contribution in [0, 0.1) is 11.8 Å². The van der Waals surface area contributed by atoms with Crippen LogP contribution in [0.15, 0.2) is 84.9 Å². The minimum atomic E-state index is -0.860. The molecule has 0 radical (unpaired) electrons. The largest absolute Gasteiger partial charge is 2.00 e. The molecular weight excluding hydrogens is 328 g/mol. The van der Waals surface area contributed by atoms with E-state index in [9.17, 15) is 10.2 Å². The Balaban J connectivity index is 0.000000377. The first-order valence-electron chi connectivity index (χ1n) is 7.08. The Morgan fingerprint density at radius 2 is 1.43 bits per heavy atom. The van der Waals surface area contributed by atoms with Crippen molar-refractivity contribution < 1.29 is 27.3 Å². The molecule has 0 heterocycles. The maximum absolute atomic E-state index is 9.78. The van der Waals surface area contributed by atoms with Crippen LogP contribution >= 0.6 is 0 Å². The predicted octanol–water partition coefficient (Wildman–Crippen LogP) is 3.58. The average molecular weight is 346 g/mol.